The number of hydrogen-bond donors (Lipinski definition) is 25. The molecule has 1 aromatic heterocycles. The number of likely N-dealkylation sites (N-methyl/N-ethyl adjacent to an activating group) is 1. The van der Waals surface area contributed by atoms with Gasteiger partial charge in [0.15, 0.2) is 11.9 Å². The second-order valence-electron chi connectivity index (χ2n) is 36.5. The number of fused-ring (bicyclic) bond motifs is 1. The van der Waals surface area contributed by atoms with Gasteiger partial charge in [-0.05, 0) is 128 Å². The van der Waals surface area contributed by atoms with E-state index >= 15 is 47.9 Å². The zero-order valence-electron chi connectivity index (χ0n) is 81.9. The molecule has 0 bridgehead atoms. The maximum absolute atomic E-state index is 15.6. The van der Waals surface area contributed by atoms with E-state index in [-0.39, 0.29) is 87.3 Å². The highest BCUT2D eigenvalue weighted by Crippen LogP contribution is 2.25. The minimum absolute atomic E-state index is 0.0159. The summed E-state index contributed by atoms with van der Waals surface area (Å²) in [6.07, 6.45) is -3.26. The third kappa shape index (κ3) is 35.6. The number of H-pyrrole nitrogens is 1. The number of rotatable bonds is 28. The van der Waals surface area contributed by atoms with Crippen LogP contribution in [0.25, 0.3) is 22.0 Å². The van der Waals surface area contributed by atoms with Crippen molar-refractivity contribution in [1.29, 1.82) is 10.8 Å². The lowest BCUT2D eigenvalue weighted by atomic mass is 9.98. The van der Waals surface area contributed by atoms with Gasteiger partial charge in [0.1, 0.15) is 96.4 Å². The topological polar surface area (TPSA) is 688 Å². The predicted molar refractivity (Wildman–Crippen MR) is 538 cm³/mol. The maximum atomic E-state index is 15.6. The minimum atomic E-state index is -2.09. The fourth-order valence-corrected chi connectivity index (χ4v) is 16.6. The van der Waals surface area contributed by atoms with Crippen molar-refractivity contribution in [3.05, 3.63) is 198 Å². The molecular formula is C100H133N23O20S. The summed E-state index contributed by atoms with van der Waals surface area (Å²) in [7, 11) is 1.25. The Morgan fingerprint density at radius 2 is 0.882 bits per heavy atom. The summed E-state index contributed by atoms with van der Waals surface area (Å²) in [6, 6.07) is 19.6. The van der Waals surface area contributed by atoms with E-state index in [1.165, 1.54) is 71.1 Å². The summed E-state index contributed by atoms with van der Waals surface area (Å²) in [5.41, 5.74) is 20.9. The zero-order valence-corrected chi connectivity index (χ0v) is 82.7. The van der Waals surface area contributed by atoms with Gasteiger partial charge in [-0.2, -0.15) is 0 Å². The molecule has 0 spiro atoms. The number of aromatic amines is 1. The van der Waals surface area contributed by atoms with Crippen LogP contribution in [0, 0.1) is 28.6 Å². The van der Waals surface area contributed by atoms with E-state index < -0.39 is 245 Å². The van der Waals surface area contributed by atoms with Gasteiger partial charge in [-0.25, -0.2) is 0 Å². The average molecular weight is 2010 g/mol. The summed E-state index contributed by atoms with van der Waals surface area (Å²) in [5.74, 6) is -22.4. The number of aliphatic hydroxyl groups excluding tert-OH is 1. The number of primary amides is 1. The number of hydrogen-bond acceptors (Lipinski definition) is 22. The molecule has 28 N–H and O–H groups in total. The molecule has 16 amide bonds. The number of carbonyl (C=O) groups excluding carboxylic acids is 16. The SMILES string of the molecule is CC(C)C[C@@H]1NC(=O)[C@H](CCCNC(=N)N)NC(=O)[C@@H](c2ccccc2)NC(=O)[C@H](C)N(C)C(=O)[C@H](CCCNC(=N)N)NC(=O)[C@H](Cc2ccc(-c3ccccc3)cc2)NC(=O)[C@H](C(C)C)NC(=O)[C@H](Cc2c[nH]c3ccccc23)NC(=O)[C@H](CC(=O)O)NC(=O)[C@H](Cc2ccc(O)cc2)NC(=O)[C@H](Cc2ccccc2)NC(=O)CSC[C@@H](C(=O)N[C@@H](C)C(N)=O)NC(=O)[C@H]([C@@H](C)O)NC(=O)[C@H](C(C)C)NC1=O. The highest BCUT2D eigenvalue weighted by molar-refractivity contribution is 8.00. The number of carboxylic acid groups (broad SMARTS) is 1. The fraction of sp³-hybridized carbons (Fsp3) is 0.430. The van der Waals surface area contributed by atoms with Crippen LogP contribution in [0.15, 0.2) is 170 Å². The molecule has 2 heterocycles. The Bertz CT molecular complexity index is 5640. The van der Waals surface area contributed by atoms with Crippen LogP contribution in [0.4, 0.5) is 0 Å². The molecular weight excluding hydrogens is 1880 g/mol. The van der Waals surface area contributed by atoms with Crippen molar-refractivity contribution >= 4 is 135 Å². The largest absolute Gasteiger partial charge is 0.508 e. The number of aliphatic carboxylic acids is 1. The summed E-state index contributed by atoms with van der Waals surface area (Å²) >= 11 is 0.705. The predicted octanol–water partition coefficient (Wildman–Crippen LogP) is -0.190. The average Bonchev–Trinajstić information content (AvgIpc) is 1.81. The van der Waals surface area contributed by atoms with Gasteiger partial charge in [-0.15, -0.1) is 11.8 Å². The van der Waals surface area contributed by atoms with Gasteiger partial charge >= 0.3 is 5.97 Å². The number of phenols is 1. The summed E-state index contributed by atoms with van der Waals surface area (Å²) in [4.78, 5) is 255. The fourth-order valence-electron chi connectivity index (χ4n) is 15.7. The summed E-state index contributed by atoms with van der Waals surface area (Å²) < 4.78 is 0. The van der Waals surface area contributed by atoms with Crippen molar-refractivity contribution < 1.29 is 96.8 Å². The molecule has 144 heavy (non-hydrogen) atoms. The molecule has 7 aromatic rings. The van der Waals surface area contributed by atoms with Gasteiger partial charge in [0.25, 0.3) is 0 Å². The number of guanidine groups is 2. The number of carbonyl (C=O) groups is 17. The number of amides is 16. The number of benzene rings is 6. The van der Waals surface area contributed by atoms with Gasteiger partial charge in [0.05, 0.1) is 18.3 Å². The van der Waals surface area contributed by atoms with Crippen molar-refractivity contribution in [2.24, 2.45) is 35.0 Å². The maximum Gasteiger partial charge on any atom is 0.305 e. The Hall–Kier alpha value is -15.5. The van der Waals surface area contributed by atoms with Crippen LogP contribution in [-0.4, -0.2) is 260 Å². The Labute approximate surface area is 837 Å². The van der Waals surface area contributed by atoms with Crippen LogP contribution in [0.3, 0.4) is 0 Å². The van der Waals surface area contributed by atoms with Crippen molar-refractivity contribution in [2.45, 2.75) is 223 Å². The second kappa shape index (κ2) is 55.6. The first-order chi connectivity index (χ1) is 68.3. The first-order valence-corrected chi connectivity index (χ1v) is 48.5. The summed E-state index contributed by atoms with van der Waals surface area (Å²) in [6.45, 7) is 13.3. The quantitative estimate of drug-likeness (QED) is 0.0172. The lowest BCUT2D eigenvalue weighted by Gasteiger charge is -2.32. The highest BCUT2D eigenvalue weighted by Gasteiger charge is 2.42. The molecule has 0 unspecified atom stereocenters. The Balaban J connectivity index is 1.24. The molecule has 6 aromatic carbocycles. The van der Waals surface area contributed by atoms with Gasteiger partial charge in [-0.1, -0.05) is 187 Å². The van der Waals surface area contributed by atoms with Crippen LogP contribution < -0.4 is 102 Å². The van der Waals surface area contributed by atoms with Gasteiger partial charge < -0.3 is 127 Å². The smallest absolute Gasteiger partial charge is 0.305 e. The first kappa shape index (κ1) is 114. The van der Waals surface area contributed by atoms with E-state index in [1.807, 2.05) is 30.3 Å². The minimum Gasteiger partial charge on any atom is -0.508 e. The monoisotopic (exact) mass is 2010 g/mol. The van der Waals surface area contributed by atoms with Crippen LogP contribution in [0.5, 0.6) is 5.75 Å². The molecule has 1 aliphatic heterocycles. The molecule has 0 radical (unpaired) electrons. The van der Waals surface area contributed by atoms with E-state index in [9.17, 15) is 48.9 Å². The number of phenolic OH excluding ortho intramolecular Hbond substituents is 1. The second-order valence-corrected chi connectivity index (χ2v) is 37.5. The van der Waals surface area contributed by atoms with Gasteiger partial charge in [0, 0.05) is 68.7 Å². The molecule has 1 saturated heterocycles. The third-order valence-corrected chi connectivity index (χ3v) is 24.9. The molecule has 8 rings (SSSR count). The molecule has 43 nitrogen and oxygen atoms in total. The van der Waals surface area contributed by atoms with E-state index in [4.69, 9.17) is 28.0 Å². The van der Waals surface area contributed by atoms with Crippen LogP contribution in [0.1, 0.15) is 135 Å². The number of aromatic hydroxyl groups is 1. The number of nitrogens with one attached hydrogen (secondary N) is 19. The Morgan fingerprint density at radius 3 is 1.42 bits per heavy atom. The Morgan fingerprint density at radius 1 is 0.458 bits per heavy atom. The standard InChI is InChI=1S/C100H133N23O20S/c1-53(2)44-71-91(136)120-81(55(5)6)95(140)121-82(58(9)124)96(141)118-77(93(138)109-56(7)84(101)129)51-144-52-78(126)110-72(45-59-24-14-11-15-25-59)87(132)114-73(47-61-36-40-66(125)41-37-61)89(134)116-76(49-79(127)128)90(135)115-75(48-65-50-108-68-31-21-20-30-67(65)68)92(137)119-80(54(3)4)94(139)117-74(46-60-34-38-63(39-35-60)62-26-16-12-17-27-62)88(133)112-70(33-23-43-107-100(104)105)98(143)123(10)57(8)85(130)122-83(64-28-18-13-19-29-64)97(142)111-69(86(131)113-71)32-22-42-106-99(102)103/h11-21,24-31,34-41,50,53-58,69-77,80-83,108,124-125H,22-23,32-33,42-49,51-52H2,1-10H3,(H2,101,129)(H,109,138)(H,110,126)(H,111,142)(H,112,133)(H,113,131)(H,114,132)(H,115,135)(H,116,134)(H,117,139)(H,118,141)(H,119,137)(H,120,136)(H,121,140)(H,122,130)(H,127,128)(H4,102,103,106)(H4,104,105,107)/t56-,57-,58+,69-,70-,71-,72-,73-,74-,75-,76-,77-,80-,81-,82-,83+/m0/s1. The van der Waals surface area contributed by atoms with Crippen LogP contribution >= 0.6 is 11.8 Å². The molecule has 0 aliphatic carbocycles. The number of carboxylic acids is 1. The molecule has 0 saturated carbocycles. The zero-order chi connectivity index (χ0) is 106. The van der Waals surface area contributed by atoms with Crippen molar-refractivity contribution in [1.82, 2.24) is 95.0 Å². The molecule has 774 valence electrons. The highest BCUT2D eigenvalue weighted by atomic mass is 32.2. The van der Waals surface area contributed by atoms with Crippen molar-refractivity contribution in [2.75, 3.05) is 31.6 Å². The number of aromatic nitrogens is 1. The van der Waals surface area contributed by atoms with Crippen molar-refractivity contribution in [3.63, 3.8) is 0 Å². The van der Waals surface area contributed by atoms with Gasteiger partial charge in [-0.3, -0.25) is 92.3 Å². The third-order valence-electron chi connectivity index (χ3n) is 23.9. The van der Waals surface area contributed by atoms with Gasteiger partial charge in [0.2, 0.25) is 94.5 Å². The molecule has 1 fully saturated rings. The first-order valence-electron chi connectivity index (χ1n) is 47.3. The van der Waals surface area contributed by atoms with Crippen LogP contribution in [-0.2, 0) is 107 Å². The molecule has 1 aliphatic rings. The van der Waals surface area contributed by atoms with E-state index in [1.54, 1.807) is 131 Å². The van der Waals surface area contributed by atoms with Crippen molar-refractivity contribution in [3.8, 4) is 16.9 Å². The number of nitrogens with zero attached hydrogens (tertiary/aromatic N) is 1. The molecule has 16 atom stereocenters. The lowest BCUT2D eigenvalue weighted by molar-refractivity contribution is -0.142. The normalized spacial score (nSPS) is 22.7. The Kier molecular flexibility index (Phi) is 44.0. The van der Waals surface area contributed by atoms with E-state index in [2.05, 4.69) is 90.1 Å². The van der Waals surface area contributed by atoms with E-state index in [0.29, 0.717) is 39.4 Å². The summed E-state index contributed by atoms with van der Waals surface area (Å²) in [5, 5.41) is 90.6. The van der Waals surface area contributed by atoms with Crippen LogP contribution in [0.2, 0.25) is 0 Å². The number of para-hydroxylation sites is 1. The molecule has 44 heteroatoms. The number of aliphatic hydroxyl groups is 1. The number of thioether (sulfide) groups is 1. The lowest BCUT2D eigenvalue weighted by Crippen LogP contribution is -2.62. The number of nitrogens with two attached hydrogens (primary N) is 3. The van der Waals surface area contributed by atoms with E-state index in [0.717, 1.165) is 23.0 Å².